The van der Waals surface area contributed by atoms with Gasteiger partial charge in [0.25, 0.3) is 0 Å². The molecule has 0 radical (unpaired) electrons. The third kappa shape index (κ3) is 6.11. The molecule has 0 bridgehead atoms. The second-order valence-electron chi connectivity index (χ2n) is 8.33. The Morgan fingerprint density at radius 2 is 0.825 bits per heavy atom. The maximum absolute atomic E-state index is 12.9. The Morgan fingerprint density at radius 3 is 1.05 bits per heavy atom. The first-order chi connectivity index (χ1) is 19.3. The summed E-state index contributed by atoms with van der Waals surface area (Å²) in [5.74, 6) is 1.33. The molecule has 2 aromatic carbocycles. The molecule has 0 spiro atoms. The summed E-state index contributed by atoms with van der Waals surface area (Å²) < 4.78 is 42.7. The lowest BCUT2D eigenvalue weighted by Gasteiger charge is -2.26. The van der Waals surface area contributed by atoms with Crippen molar-refractivity contribution < 1.29 is 47.5 Å². The van der Waals surface area contributed by atoms with Crippen molar-refractivity contribution in [2.45, 2.75) is 12.8 Å². The molecule has 12 heteroatoms. The number of anilines is 2. The average molecular weight is 559 g/mol. The third-order valence-electron chi connectivity index (χ3n) is 6.22. The van der Waals surface area contributed by atoms with Crippen LogP contribution in [0.15, 0.2) is 46.8 Å². The molecule has 3 rings (SSSR count). The van der Waals surface area contributed by atoms with Crippen molar-refractivity contribution in [3.8, 4) is 34.5 Å². The van der Waals surface area contributed by atoms with Gasteiger partial charge in [0.05, 0.1) is 68.0 Å². The van der Waals surface area contributed by atoms with Crippen molar-refractivity contribution >= 4 is 23.3 Å². The lowest BCUT2D eigenvalue weighted by atomic mass is 9.92. The van der Waals surface area contributed by atoms with E-state index in [-0.39, 0.29) is 12.8 Å². The molecule has 1 aliphatic carbocycles. The van der Waals surface area contributed by atoms with Gasteiger partial charge < -0.3 is 48.5 Å². The van der Waals surface area contributed by atoms with E-state index in [0.29, 0.717) is 68.4 Å². The zero-order chi connectivity index (χ0) is 29.4. The summed E-state index contributed by atoms with van der Waals surface area (Å²) in [6.45, 7) is 0. The Kier molecular flexibility index (Phi) is 9.96. The van der Waals surface area contributed by atoms with Gasteiger partial charge in [0.15, 0.2) is 23.0 Å². The molecule has 0 amide bonds. The first-order valence-electron chi connectivity index (χ1n) is 12.0. The van der Waals surface area contributed by atoms with Gasteiger partial charge in [-0.3, -0.25) is 0 Å². The first-order valence-corrected chi connectivity index (χ1v) is 12.0. The summed E-state index contributed by atoms with van der Waals surface area (Å²) in [7, 11) is 11.6. The van der Waals surface area contributed by atoms with Crippen LogP contribution in [0.2, 0.25) is 0 Å². The minimum Gasteiger partial charge on any atom is -0.493 e. The Labute approximate surface area is 232 Å². The van der Waals surface area contributed by atoms with Crippen molar-refractivity contribution in [2.75, 3.05) is 67.5 Å². The van der Waals surface area contributed by atoms with Gasteiger partial charge in [-0.25, -0.2) is 9.59 Å². The van der Waals surface area contributed by atoms with Crippen molar-refractivity contribution in [1.82, 2.24) is 0 Å². The number of carbonyl (C=O) groups excluding carboxylic acids is 2. The molecule has 40 heavy (non-hydrogen) atoms. The number of esters is 2. The number of ether oxygens (including phenoxy) is 8. The Balaban J connectivity index is 2.08. The highest BCUT2D eigenvalue weighted by atomic mass is 16.5. The Bertz CT molecular complexity index is 1180. The number of hydrogen-bond acceptors (Lipinski definition) is 12. The minimum absolute atomic E-state index is 0.0283. The summed E-state index contributed by atoms with van der Waals surface area (Å²) in [4.78, 5) is 25.9. The van der Waals surface area contributed by atoms with Gasteiger partial charge in [0.2, 0.25) is 11.5 Å². The average Bonchev–Trinajstić information content (AvgIpc) is 2.99. The second kappa shape index (κ2) is 13.4. The highest BCUT2D eigenvalue weighted by Gasteiger charge is 2.30. The lowest BCUT2D eigenvalue weighted by Crippen LogP contribution is -2.24. The summed E-state index contributed by atoms with van der Waals surface area (Å²) in [5, 5.41) is 6.46. The SMILES string of the molecule is COC(=O)C1=C(Nc2cc(OC)c(OC)c(OC)c2)CC(C(=O)OC)=C(Nc2cc(OC)c(OC)c(OC)c2)C1. The Morgan fingerprint density at radius 1 is 0.525 bits per heavy atom. The van der Waals surface area contributed by atoms with E-state index in [1.807, 2.05) is 0 Å². The predicted octanol–water partition coefficient (Wildman–Crippen LogP) is 3.91. The fourth-order valence-electron chi connectivity index (χ4n) is 4.31. The maximum Gasteiger partial charge on any atom is 0.335 e. The molecule has 0 aromatic heterocycles. The van der Waals surface area contributed by atoms with Crippen molar-refractivity contribution in [3.05, 3.63) is 46.8 Å². The van der Waals surface area contributed by atoms with Gasteiger partial charge in [0.1, 0.15) is 0 Å². The third-order valence-corrected chi connectivity index (χ3v) is 6.22. The quantitative estimate of drug-likeness (QED) is 0.366. The molecule has 216 valence electrons. The number of benzene rings is 2. The molecule has 12 nitrogen and oxygen atoms in total. The molecular weight excluding hydrogens is 524 g/mol. The van der Waals surface area contributed by atoms with Gasteiger partial charge in [-0.05, 0) is 0 Å². The number of hydrogen-bond donors (Lipinski definition) is 2. The highest BCUT2D eigenvalue weighted by Crippen LogP contribution is 2.43. The van der Waals surface area contributed by atoms with Crippen molar-refractivity contribution in [3.63, 3.8) is 0 Å². The molecule has 1 aliphatic rings. The van der Waals surface area contributed by atoms with E-state index >= 15 is 0 Å². The van der Waals surface area contributed by atoms with E-state index < -0.39 is 11.9 Å². The van der Waals surface area contributed by atoms with Crippen molar-refractivity contribution in [1.29, 1.82) is 0 Å². The lowest BCUT2D eigenvalue weighted by molar-refractivity contribution is -0.137. The second-order valence-corrected chi connectivity index (χ2v) is 8.33. The van der Waals surface area contributed by atoms with Crippen LogP contribution in [0.25, 0.3) is 0 Å². The zero-order valence-electron chi connectivity index (χ0n) is 23.8. The fraction of sp³-hybridized carbons (Fsp3) is 0.357. The van der Waals surface area contributed by atoms with Crippen LogP contribution in [0.5, 0.6) is 34.5 Å². The van der Waals surface area contributed by atoms with Crippen LogP contribution in [-0.4, -0.2) is 68.8 Å². The molecule has 0 heterocycles. The van der Waals surface area contributed by atoms with E-state index in [0.717, 1.165) is 0 Å². The molecule has 0 unspecified atom stereocenters. The van der Waals surface area contributed by atoms with Gasteiger partial charge in [0, 0.05) is 59.9 Å². The molecule has 0 aliphatic heterocycles. The van der Waals surface area contributed by atoms with Crippen LogP contribution in [0.4, 0.5) is 11.4 Å². The van der Waals surface area contributed by atoms with Gasteiger partial charge in [-0.1, -0.05) is 0 Å². The van der Waals surface area contributed by atoms with Gasteiger partial charge >= 0.3 is 11.9 Å². The molecule has 0 saturated carbocycles. The van der Waals surface area contributed by atoms with Crippen LogP contribution in [0.1, 0.15) is 12.8 Å². The van der Waals surface area contributed by atoms with Crippen LogP contribution in [0, 0.1) is 0 Å². The molecule has 0 atom stereocenters. The number of nitrogens with one attached hydrogen (secondary N) is 2. The molecular formula is C28H34N2O10. The van der Waals surface area contributed by atoms with Crippen LogP contribution >= 0.6 is 0 Å². The van der Waals surface area contributed by atoms with E-state index in [1.165, 1.54) is 56.9 Å². The van der Waals surface area contributed by atoms with Gasteiger partial charge in [-0.15, -0.1) is 0 Å². The largest absolute Gasteiger partial charge is 0.493 e. The number of methoxy groups -OCH3 is 8. The summed E-state index contributed by atoms with van der Waals surface area (Å²) in [6.07, 6.45) is 0.0566. The predicted molar refractivity (Wildman–Crippen MR) is 147 cm³/mol. The minimum atomic E-state index is -0.567. The number of carbonyl (C=O) groups is 2. The topological polar surface area (TPSA) is 132 Å². The number of rotatable bonds is 12. The van der Waals surface area contributed by atoms with Crippen LogP contribution in [0.3, 0.4) is 0 Å². The highest BCUT2D eigenvalue weighted by molar-refractivity contribution is 5.96. The number of allylic oxidation sites excluding steroid dienone is 2. The normalized spacial score (nSPS) is 12.8. The summed E-state index contributed by atoms with van der Waals surface area (Å²) >= 11 is 0. The Hall–Kier alpha value is -4.74. The van der Waals surface area contributed by atoms with Crippen molar-refractivity contribution in [2.24, 2.45) is 0 Å². The molecule has 2 aromatic rings. The fourth-order valence-corrected chi connectivity index (χ4v) is 4.31. The van der Waals surface area contributed by atoms with Gasteiger partial charge in [-0.2, -0.15) is 0 Å². The van der Waals surface area contributed by atoms with Crippen LogP contribution in [-0.2, 0) is 19.1 Å². The molecule has 0 saturated heterocycles. The zero-order valence-corrected chi connectivity index (χ0v) is 23.8. The standard InChI is InChI=1S/C28H34N2O10/c1-33-21-9-15(10-22(34-2)25(21)37-5)29-19-13-18(28(32)40-8)20(14-17(19)27(31)39-7)30-16-11-23(35-3)26(38-6)24(12-16)36-4/h9-12,29-30H,13-14H2,1-8H3. The van der Waals surface area contributed by atoms with Crippen LogP contribution < -0.4 is 39.1 Å². The molecule has 0 fully saturated rings. The van der Waals surface area contributed by atoms with E-state index in [1.54, 1.807) is 24.3 Å². The van der Waals surface area contributed by atoms with E-state index in [2.05, 4.69) is 10.6 Å². The van der Waals surface area contributed by atoms with E-state index in [4.69, 9.17) is 37.9 Å². The molecule has 2 N–H and O–H groups in total. The smallest absolute Gasteiger partial charge is 0.335 e. The summed E-state index contributed by atoms with van der Waals surface area (Å²) in [5.41, 5.74) is 2.57. The maximum atomic E-state index is 12.9. The monoisotopic (exact) mass is 558 g/mol. The first kappa shape index (κ1) is 29.8. The summed E-state index contributed by atoms with van der Waals surface area (Å²) in [6, 6.07) is 6.76. The van der Waals surface area contributed by atoms with E-state index in [9.17, 15) is 9.59 Å².